The van der Waals surface area contributed by atoms with E-state index in [9.17, 15) is 18.5 Å². The van der Waals surface area contributed by atoms with Crippen molar-refractivity contribution in [3.05, 3.63) is 71.7 Å². The van der Waals surface area contributed by atoms with Crippen LogP contribution in [0.5, 0.6) is 0 Å². The van der Waals surface area contributed by atoms with Crippen molar-refractivity contribution < 1.29 is 13.2 Å². The molecule has 1 heterocycles. The maximum Gasteiger partial charge on any atom is 0.334 e. The van der Waals surface area contributed by atoms with Crippen molar-refractivity contribution in [1.29, 1.82) is 5.26 Å². The van der Waals surface area contributed by atoms with Crippen LogP contribution in [-0.2, 0) is 10.0 Å². The molecule has 0 spiro atoms. The Morgan fingerprint density at radius 1 is 1.04 bits per heavy atom. The van der Waals surface area contributed by atoms with Gasteiger partial charge in [-0.1, -0.05) is 35.4 Å². The number of carbonyl (C=O) groups excluding carboxylic acids is 1. The molecule has 0 saturated carbocycles. The second-order valence-corrected chi connectivity index (χ2v) is 7.81. The van der Waals surface area contributed by atoms with Crippen LogP contribution < -0.4 is 10.0 Å². The van der Waals surface area contributed by atoms with Crippen LogP contribution in [0.15, 0.2) is 59.8 Å². The molecule has 0 bridgehead atoms. The second-order valence-electron chi connectivity index (χ2n) is 6.13. The van der Waals surface area contributed by atoms with Gasteiger partial charge < -0.3 is 0 Å². The lowest BCUT2D eigenvalue weighted by Gasteiger charge is -2.12. The van der Waals surface area contributed by atoms with Crippen molar-refractivity contribution in [2.24, 2.45) is 0 Å². The van der Waals surface area contributed by atoms with E-state index in [4.69, 9.17) is 0 Å². The molecule has 0 atom stereocenters. The average molecular weight is 395 g/mol. The summed E-state index contributed by atoms with van der Waals surface area (Å²) in [5.41, 5.74) is 2.56. The van der Waals surface area contributed by atoms with Gasteiger partial charge in [0.25, 0.3) is 10.0 Å². The van der Waals surface area contributed by atoms with Crippen LogP contribution in [0.3, 0.4) is 0 Å². The number of aryl methyl sites for hydroxylation is 2. The highest BCUT2D eigenvalue weighted by atomic mass is 32.2. The van der Waals surface area contributed by atoms with Crippen molar-refractivity contribution in [2.45, 2.75) is 18.7 Å². The number of nitrogens with one attached hydrogen (secondary N) is 2. The molecule has 2 amide bonds. The summed E-state index contributed by atoms with van der Waals surface area (Å²) in [6.07, 6.45) is 1.38. The van der Waals surface area contributed by atoms with Crippen LogP contribution in [0.4, 0.5) is 10.6 Å². The third-order valence-electron chi connectivity index (χ3n) is 3.98. The summed E-state index contributed by atoms with van der Waals surface area (Å²) in [5.74, 6) is 0.0722. The predicted octanol–water partition coefficient (Wildman–Crippen LogP) is 2.87. The largest absolute Gasteiger partial charge is 0.334 e. The number of benzene rings is 2. The first-order valence-corrected chi connectivity index (χ1v) is 9.73. The molecule has 3 aromatic rings. The lowest BCUT2D eigenvalue weighted by molar-refractivity contribution is 0.256. The maximum atomic E-state index is 12.4. The van der Waals surface area contributed by atoms with E-state index in [0.717, 1.165) is 11.1 Å². The fourth-order valence-electron chi connectivity index (χ4n) is 2.48. The van der Waals surface area contributed by atoms with Gasteiger partial charge >= 0.3 is 6.03 Å². The molecule has 0 fully saturated rings. The molecule has 0 aliphatic rings. The number of nitrogens with zero attached hydrogens (tertiary/aromatic N) is 3. The second kappa shape index (κ2) is 7.54. The summed E-state index contributed by atoms with van der Waals surface area (Å²) >= 11 is 0. The number of urea groups is 1. The van der Waals surface area contributed by atoms with Gasteiger partial charge in [0.2, 0.25) is 0 Å². The van der Waals surface area contributed by atoms with E-state index < -0.39 is 16.1 Å². The molecule has 28 heavy (non-hydrogen) atoms. The van der Waals surface area contributed by atoms with E-state index in [1.165, 1.54) is 23.0 Å². The van der Waals surface area contributed by atoms with Crippen LogP contribution in [0.2, 0.25) is 0 Å². The Morgan fingerprint density at radius 2 is 1.61 bits per heavy atom. The van der Waals surface area contributed by atoms with Crippen LogP contribution in [0, 0.1) is 25.2 Å². The summed E-state index contributed by atoms with van der Waals surface area (Å²) in [4.78, 5) is 16.2. The number of hydrogen-bond acceptors (Lipinski definition) is 5. The molecule has 0 aliphatic heterocycles. The minimum atomic E-state index is -4.06. The molecular weight excluding hydrogens is 378 g/mol. The topological polar surface area (TPSA) is 117 Å². The zero-order valence-electron chi connectivity index (χ0n) is 15.2. The first-order chi connectivity index (χ1) is 13.3. The van der Waals surface area contributed by atoms with Gasteiger partial charge in [-0.2, -0.15) is 5.26 Å². The Kier molecular flexibility index (Phi) is 5.15. The molecular formula is C19H17N5O3S. The van der Waals surface area contributed by atoms with E-state index in [1.54, 1.807) is 24.3 Å². The van der Waals surface area contributed by atoms with Crippen molar-refractivity contribution in [3.63, 3.8) is 0 Å². The number of rotatable bonds is 4. The van der Waals surface area contributed by atoms with Gasteiger partial charge in [-0.15, -0.1) is 0 Å². The zero-order valence-corrected chi connectivity index (χ0v) is 16.0. The van der Waals surface area contributed by atoms with Crippen molar-refractivity contribution >= 4 is 21.9 Å². The number of imidazole rings is 1. The van der Waals surface area contributed by atoms with Gasteiger partial charge in [-0.05, 0) is 38.1 Å². The van der Waals surface area contributed by atoms with E-state index in [2.05, 4.69) is 10.3 Å². The van der Waals surface area contributed by atoms with Gasteiger partial charge in [-0.3, -0.25) is 9.88 Å². The Hall–Kier alpha value is -3.64. The molecule has 0 radical (unpaired) electrons. The first kappa shape index (κ1) is 19.1. The van der Waals surface area contributed by atoms with Gasteiger partial charge in [-0.25, -0.2) is 22.9 Å². The molecule has 1 aromatic heterocycles. The number of sulfonamides is 1. The van der Waals surface area contributed by atoms with Crippen molar-refractivity contribution in [1.82, 2.24) is 14.3 Å². The highest BCUT2D eigenvalue weighted by Crippen LogP contribution is 2.20. The summed E-state index contributed by atoms with van der Waals surface area (Å²) in [7, 11) is -4.06. The number of amides is 2. The number of nitriles is 1. The third kappa shape index (κ3) is 4.02. The number of aromatic nitrogens is 2. The SMILES string of the molecule is Cc1ccc(-n2cnc(C#N)c2NC(=O)NS(=O)(=O)c2ccc(C)cc2)cc1. The number of hydrogen-bond donors (Lipinski definition) is 2. The van der Waals surface area contributed by atoms with Crippen LogP contribution in [0.25, 0.3) is 5.69 Å². The Balaban J connectivity index is 1.86. The Morgan fingerprint density at radius 3 is 2.18 bits per heavy atom. The number of anilines is 1. The van der Waals surface area contributed by atoms with Crippen molar-refractivity contribution in [3.8, 4) is 11.8 Å². The summed E-state index contributed by atoms with van der Waals surface area (Å²) in [6, 6.07) is 14.3. The van der Waals surface area contributed by atoms with Crippen LogP contribution in [-0.4, -0.2) is 24.0 Å². The minimum Gasteiger partial charge on any atom is -0.290 e. The third-order valence-corrected chi connectivity index (χ3v) is 5.32. The molecule has 142 valence electrons. The molecule has 2 N–H and O–H groups in total. The standard InChI is InChI=1S/C19H17N5O3S/c1-13-3-7-15(8-4-13)24-12-21-17(11-20)18(24)22-19(25)23-28(26,27)16-9-5-14(2)6-10-16/h3-10,12H,1-2H3,(H2,22,23,25). The van der Waals surface area contributed by atoms with Gasteiger partial charge in [0.15, 0.2) is 11.5 Å². The molecule has 0 aliphatic carbocycles. The number of carbonyl (C=O) groups is 1. The minimum absolute atomic E-state index is 0.0385. The molecule has 0 saturated heterocycles. The van der Waals surface area contributed by atoms with Gasteiger partial charge in [0.1, 0.15) is 12.4 Å². The van der Waals surface area contributed by atoms with Crippen LogP contribution in [0.1, 0.15) is 16.8 Å². The smallest absolute Gasteiger partial charge is 0.290 e. The maximum absolute atomic E-state index is 12.4. The van der Waals surface area contributed by atoms with E-state index >= 15 is 0 Å². The molecule has 8 nitrogen and oxygen atoms in total. The van der Waals surface area contributed by atoms with Crippen LogP contribution >= 0.6 is 0 Å². The molecule has 2 aromatic carbocycles. The lowest BCUT2D eigenvalue weighted by atomic mass is 10.2. The predicted molar refractivity (Wildman–Crippen MR) is 104 cm³/mol. The summed E-state index contributed by atoms with van der Waals surface area (Å²) in [6.45, 7) is 3.76. The normalized spacial score (nSPS) is 10.9. The lowest BCUT2D eigenvalue weighted by Crippen LogP contribution is -2.35. The Bertz CT molecular complexity index is 1160. The monoisotopic (exact) mass is 395 g/mol. The Labute approximate surface area is 162 Å². The molecule has 0 unspecified atom stereocenters. The zero-order chi connectivity index (χ0) is 20.3. The van der Waals surface area contributed by atoms with Gasteiger partial charge in [0, 0.05) is 5.69 Å². The van der Waals surface area contributed by atoms with E-state index in [0.29, 0.717) is 5.69 Å². The first-order valence-electron chi connectivity index (χ1n) is 8.25. The fourth-order valence-corrected chi connectivity index (χ4v) is 3.39. The highest BCUT2D eigenvalue weighted by Gasteiger charge is 2.20. The summed E-state index contributed by atoms with van der Waals surface area (Å²) < 4.78 is 28.2. The van der Waals surface area contributed by atoms with E-state index in [-0.39, 0.29) is 16.4 Å². The molecule has 3 rings (SSSR count). The quantitative estimate of drug-likeness (QED) is 0.704. The van der Waals surface area contributed by atoms with Crippen molar-refractivity contribution in [2.75, 3.05) is 5.32 Å². The molecule has 9 heteroatoms. The summed E-state index contributed by atoms with van der Waals surface area (Å²) in [5, 5.41) is 11.7. The highest BCUT2D eigenvalue weighted by molar-refractivity contribution is 7.90. The fraction of sp³-hybridized carbons (Fsp3) is 0.105. The van der Waals surface area contributed by atoms with Gasteiger partial charge in [0.05, 0.1) is 4.90 Å². The average Bonchev–Trinajstić information content (AvgIpc) is 3.04. The van der Waals surface area contributed by atoms with E-state index in [1.807, 2.05) is 36.8 Å².